The predicted octanol–water partition coefficient (Wildman–Crippen LogP) is 2.58. The molecule has 1 N–H and O–H groups in total. The van der Waals surface area contributed by atoms with E-state index in [0.717, 1.165) is 6.54 Å². The van der Waals surface area contributed by atoms with Gasteiger partial charge in [0.25, 0.3) is 5.69 Å². The Labute approximate surface area is 117 Å². The van der Waals surface area contributed by atoms with Crippen LogP contribution in [-0.4, -0.2) is 30.8 Å². The summed E-state index contributed by atoms with van der Waals surface area (Å²) in [7, 11) is 0. The van der Waals surface area contributed by atoms with E-state index in [1.807, 2.05) is 0 Å². The Morgan fingerprint density at radius 2 is 2.25 bits per heavy atom. The number of hydrogen-bond acceptors (Lipinski definition) is 5. The van der Waals surface area contributed by atoms with Crippen molar-refractivity contribution in [2.45, 2.75) is 25.4 Å². The summed E-state index contributed by atoms with van der Waals surface area (Å²) in [5.74, 6) is 1.16. The molecule has 108 valence electrons. The van der Waals surface area contributed by atoms with Crippen molar-refractivity contribution in [2.75, 3.05) is 25.1 Å². The number of nitrogens with zero attached hydrogens (tertiary/aromatic N) is 1. The van der Waals surface area contributed by atoms with Crippen molar-refractivity contribution < 1.29 is 14.4 Å². The minimum absolute atomic E-state index is 0.0681. The van der Waals surface area contributed by atoms with Crippen molar-refractivity contribution in [3.05, 3.63) is 28.3 Å². The first kappa shape index (κ1) is 13.2. The van der Waals surface area contributed by atoms with E-state index in [9.17, 15) is 10.1 Å². The Hall–Kier alpha value is -1.82. The van der Waals surface area contributed by atoms with Crippen molar-refractivity contribution in [1.29, 1.82) is 0 Å². The molecular formula is C14H18N2O4. The minimum Gasteiger partial charge on any atom is -0.488 e. The van der Waals surface area contributed by atoms with E-state index < -0.39 is 0 Å². The smallest absolute Gasteiger partial charge is 0.296 e. The van der Waals surface area contributed by atoms with Gasteiger partial charge in [0.1, 0.15) is 18.5 Å². The lowest BCUT2D eigenvalue weighted by Gasteiger charge is -2.26. The Kier molecular flexibility index (Phi) is 3.73. The van der Waals surface area contributed by atoms with Crippen LogP contribution in [0.2, 0.25) is 0 Å². The molecular weight excluding hydrogens is 260 g/mol. The zero-order valence-electron chi connectivity index (χ0n) is 11.2. The third-order valence-electron chi connectivity index (χ3n) is 3.82. The van der Waals surface area contributed by atoms with E-state index in [4.69, 9.17) is 9.47 Å². The van der Waals surface area contributed by atoms with Gasteiger partial charge in [0, 0.05) is 12.6 Å². The Balaban J connectivity index is 1.74. The summed E-state index contributed by atoms with van der Waals surface area (Å²) in [6, 6.07) is 4.91. The lowest BCUT2D eigenvalue weighted by atomic mass is 9.85. The summed E-state index contributed by atoms with van der Waals surface area (Å²) in [6.45, 7) is 1.92. The summed E-state index contributed by atoms with van der Waals surface area (Å²) in [5, 5.41) is 14.3. The van der Waals surface area contributed by atoms with E-state index >= 15 is 0 Å². The van der Waals surface area contributed by atoms with Crippen molar-refractivity contribution in [3.8, 4) is 5.75 Å². The van der Waals surface area contributed by atoms with Crippen LogP contribution in [0.4, 0.5) is 11.4 Å². The summed E-state index contributed by atoms with van der Waals surface area (Å²) < 4.78 is 10.7. The average Bonchev–Trinajstić information content (AvgIpc) is 3.19. The molecule has 1 aliphatic carbocycles. The predicted molar refractivity (Wildman–Crippen MR) is 74.2 cm³/mol. The SMILES string of the molecule is O=[N+]([O-])c1cccc(OC[C@@H]2CO2)c1NCC1CCC1. The lowest BCUT2D eigenvalue weighted by molar-refractivity contribution is -0.384. The Bertz CT molecular complexity index is 498. The molecule has 0 bridgehead atoms. The molecule has 3 rings (SSSR count). The van der Waals surface area contributed by atoms with E-state index in [2.05, 4.69) is 5.32 Å². The normalized spacial score (nSPS) is 21.1. The number of para-hydroxylation sites is 1. The molecule has 0 aromatic heterocycles. The zero-order valence-corrected chi connectivity index (χ0v) is 11.2. The maximum absolute atomic E-state index is 11.1. The Morgan fingerprint density at radius 3 is 2.85 bits per heavy atom. The average molecular weight is 278 g/mol. The highest BCUT2D eigenvalue weighted by molar-refractivity contribution is 5.70. The second-order valence-electron chi connectivity index (χ2n) is 5.35. The van der Waals surface area contributed by atoms with Crippen LogP contribution in [-0.2, 0) is 4.74 Å². The number of nitro benzene ring substituents is 1. The standard InChI is InChI=1S/C14H18N2O4/c17-16(18)12-5-2-6-13(20-9-11-8-19-11)14(12)15-7-10-3-1-4-10/h2,5-6,10-11,15H,1,3-4,7-9H2/t11-/m0/s1. The minimum atomic E-state index is -0.371. The van der Waals surface area contributed by atoms with Crippen LogP contribution < -0.4 is 10.1 Å². The van der Waals surface area contributed by atoms with Crippen molar-refractivity contribution in [3.63, 3.8) is 0 Å². The van der Waals surface area contributed by atoms with Crippen LogP contribution >= 0.6 is 0 Å². The van der Waals surface area contributed by atoms with Gasteiger partial charge >= 0.3 is 0 Å². The Morgan fingerprint density at radius 1 is 1.45 bits per heavy atom. The van der Waals surface area contributed by atoms with Gasteiger partial charge in [-0.15, -0.1) is 0 Å². The van der Waals surface area contributed by atoms with Gasteiger partial charge in [-0.3, -0.25) is 10.1 Å². The van der Waals surface area contributed by atoms with Gasteiger partial charge in [0.2, 0.25) is 0 Å². The van der Waals surface area contributed by atoms with Gasteiger partial charge in [0.05, 0.1) is 11.5 Å². The third-order valence-corrected chi connectivity index (χ3v) is 3.82. The first-order valence-corrected chi connectivity index (χ1v) is 6.99. The molecule has 1 aliphatic heterocycles. The highest BCUT2D eigenvalue weighted by Crippen LogP contribution is 2.36. The zero-order chi connectivity index (χ0) is 13.9. The molecule has 0 spiro atoms. The quantitative estimate of drug-likeness (QED) is 0.471. The first-order valence-electron chi connectivity index (χ1n) is 6.99. The number of benzene rings is 1. The summed E-state index contributed by atoms with van der Waals surface area (Å²) in [6.07, 6.45) is 3.78. The van der Waals surface area contributed by atoms with Gasteiger partial charge in [-0.2, -0.15) is 0 Å². The monoisotopic (exact) mass is 278 g/mol. The number of ether oxygens (including phenoxy) is 2. The van der Waals surface area contributed by atoms with Gasteiger partial charge in [-0.05, 0) is 24.8 Å². The molecule has 1 heterocycles. The molecule has 20 heavy (non-hydrogen) atoms. The molecule has 1 aromatic rings. The fraction of sp³-hybridized carbons (Fsp3) is 0.571. The van der Waals surface area contributed by atoms with Crippen LogP contribution in [0.1, 0.15) is 19.3 Å². The van der Waals surface area contributed by atoms with Gasteiger partial charge in [-0.25, -0.2) is 0 Å². The molecule has 1 saturated heterocycles. The number of hydrogen-bond donors (Lipinski definition) is 1. The first-order chi connectivity index (χ1) is 9.74. The fourth-order valence-corrected chi connectivity index (χ4v) is 2.26. The summed E-state index contributed by atoms with van der Waals surface area (Å²) >= 11 is 0. The van der Waals surface area contributed by atoms with Gasteiger partial charge in [-0.1, -0.05) is 12.5 Å². The fourth-order valence-electron chi connectivity index (χ4n) is 2.26. The number of rotatable bonds is 7. The highest BCUT2D eigenvalue weighted by atomic mass is 16.6. The molecule has 6 nitrogen and oxygen atoms in total. The van der Waals surface area contributed by atoms with Gasteiger partial charge in [0.15, 0.2) is 5.69 Å². The number of nitrogens with one attached hydrogen (secondary N) is 1. The largest absolute Gasteiger partial charge is 0.488 e. The summed E-state index contributed by atoms with van der Waals surface area (Å²) in [4.78, 5) is 10.8. The highest BCUT2D eigenvalue weighted by Gasteiger charge is 2.26. The van der Waals surface area contributed by atoms with Crippen LogP contribution in [0, 0.1) is 16.0 Å². The van der Waals surface area contributed by atoms with Crippen LogP contribution in [0.25, 0.3) is 0 Å². The summed E-state index contributed by atoms with van der Waals surface area (Å²) in [5.41, 5.74) is 0.559. The molecule has 1 aromatic carbocycles. The van der Waals surface area contributed by atoms with Crippen LogP contribution in [0.15, 0.2) is 18.2 Å². The molecule has 0 amide bonds. The number of anilines is 1. The van der Waals surface area contributed by atoms with E-state index in [1.165, 1.54) is 25.3 Å². The topological polar surface area (TPSA) is 76.9 Å². The molecule has 2 aliphatic rings. The third kappa shape index (κ3) is 3.01. The molecule has 0 unspecified atom stereocenters. The molecule has 0 radical (unpaired) electrons. The number of epoxide rings is 1. The van der Waals surface area contributed by atoms with Crippen molar-refractivity contribution in [2.24, 2.45) is 5.92 Å². The number of nitro groups is 1. The van der Waals surface area contributed by atoms with Crippen molar-refractivity contribution in [1.82, 2.24) is 0 Å². The second kappa shape index (κ2) is 5.66. The van der Waals surface area contributed by atoms with E-state index in [1.54, 1.807) is 12.1 Å². The maximum atomic E-state index is 11.1. The van der Waals surface area contributed by atoms with Crippen LogP contribution in [0.3, 0.4) is 0 Å². The maximum Gasteiger partial charge on any atom is 0.296 e. The molecule has 6 heteroatoms. The molecule has 1 atom stereocenters. The van der Waals surface area contributed by atoms with E-state index in [-0.39, 0.29) is 16.7 Å². The lowest BCUT2D eigenvalue weighted by Crippen LogP contribution is -2.21. The van der Waals surface area contributed by atoms with Gasteiger partial charge < -0.3 is 14.8 Å². The van der Waals surface area contributed by atoms with Crippen molar-refractivity contribution >= 4 is 11.4 Å². The second-order valence-corrected chi connectivity index (χ2v) is 5.35. The molecule has 2 fully saturated rings. The van der Waals surface area contributed by atoms with Crippen LogP contribution in [0.5, 0.6) is 5.75 Å². The molecule has 1 saturated carbocycles. The van der Waals surface area contributed by atoms with E-state index in [0.29, 0.717) is 30.6 Å².